The fourth-order valence-electron chi connectivity index (χ4n) is 3.32. The van der Waals surface area contributed by atoms with Gasteiger partial charge in [-0.2, -0.15) is 4.31 Å². The maximum absolute atomic E-state index is 12.8. The Morgan fingerprint density at radius 1 is 1.13 bits per heavy atom. The summed E-state index contributed by atoms with van der Waals surface area (Å²) in [4.78, 5) is 11.8. The fraction of sp³-hybridized carbons (Fsp3) is 0.286. The molecule has 0 aliphatic carbocycles. The molecule has 0 N–H and O–H groups in total. The van der Waals surface area contributed by atoms with Gasteiger partial charge in [0.05, 0.1) is 23.1 Å². The number of nitrogens with zero attached hydrogens (tertiary/aromatic N) is 1. The highest BCUT2D eigenvalue weighted by atomic mass is 35.5. The topological polar surface area (TPSA) is 86.0 Å². The van der Waals surface area contributed by atoms with Crippen LogP contribution in [0, 0.1) is 6.92 Å². The summed E-state index contributed by atoms with van der Waals surface area (Å²) in [6, 6.07) is 11.3. The van der Waals surface area contributed by atoms with Crippen LogP contribution in [0.25, 0.3) is 11.0 Å². The van der Waals surface area contributed by atoms with Crippen molar-refractivity contribution in [3.05, 3.63) is 69.0 Å². The molecule has 3 aromatic rings. The molecular formula is C21H20ClNO6S. The highest BCUT2D eigenvalue weighted by Crippen LogP contribution is 2.31. The van der Waals surface area contributed by atoms with Gasteiger partial charge in [-0.05, 0) is 36.2 Å². The summed E-state index contributed by atoms with van der Waals surface area (Å²) in [7, 11) is -3.59. The minimum atomic E-state index is -3.59. The lowest BCUT2D eigenvalue weighted by atomic mass is 10.1. The van der Waals surface area contributed by atoms with Gasteiger partial charge >= 0.3 is 5.63 Å². The smallest absolute Gasteiger partial charge is 0.336 e. The number of rotatable bonds is 5. The van der Waals surface area contributed by atoms with Crippen LogP contribution in [0.4, 0.5) is 0 Å². The quantitative estimate of drug-likeness (QED) is 0.555. The molecule has 4 rings (SSSR count). The number of aryl methyl sites for hydroxylation is 1. The van der Waals surface area contributed by atoms with Gasteiger partial charge in [-0.1, -0.05) is 23.7 Å². The minimum absolute atomic E-state index is 0.105. The lowest BCUT2D eigenvalue weighted by molar-refractivity contribution is 0.0730. The van der Waals surface area contributed by atoms with Crippen molar-refractivity contribution < 1.29 is 22.3 Å². The van der Waals surface area contributed by atoms with E-state index in [1.165, 1.54) is 10.4 Å². The van der Waals surface area contributed by atoms with E-state index in [1.807, 2.05) is 0 Å². The highest BCUT2D eigenvalue weighted by Gasteiger charge is 2.26. The molecule has 1 aliphatic rings. The summed E-state index contributed by atoms with van der Waals surface area (Å²) < 4.78 is 43.4. The number of fused-ring (bicyclic) bond motifs is 1. The van der Waals surface area contributed by atoms with E-state index in [1.54, 1.807) is 43.3 Å². The van der Waals surface area contributed by atoms with Gasteiger partial charge in [0.15, 0.2) is 0 Å². The number of hydrogen-bond donors (Lipinski definition) is 0. The minimum Gasteiger partial charge on any atom is -0.487 e. The van der Waals surface area contributed by atoms with Crippen LogP contribution in [0.15, 0.2) is 56.6 Å². The Balaban J connectivity index is 1.57. The van der Waals surface area contributed by atoms with Crippen LogP contribution in [0.1, 0.15) is 11.1 Å². The van der Waals surface area contributed by atoms with Crippen molar-refractivity contribution in [1.82, 2.24) is 4.31 Å². The first kappa shape index (κ1) is 20.9. The monoisotopic (exact) mass is 449 g/mol. The van der Waals surface area contributed by atoms with Gasteiger partial charge in [-0.3, -0.25) is 0 Å². The Morgan fingerprint density at radius 3 is 2.67 bits per heavy atom. The Labute approximate surface area is 178 Å². The number of benzene rings is 2. The molecule has 0 unspecified atom stereocenters. The second-order valence-electron chi connectivity index (χ2n) is 6.98. The molecular weight excluding hydrogens is 430 g/mol. The summed E-state index contributed by atoms with van der Waals surface area (Å²) in [6.07, 6.45) is 0. The number of sulfonamides is 1. The van der Waals surface area contributed by atoms with Gasteiger partial charge < -0.3 is 13.9 Å². The van der Waals surface area contributed by atoms with Crippen molar-refractivity contribution in [3.63, 3.8) is 0 Å². The van der Waals surface area contributed by atoms with E-state index in [2.05, 4.69) is 0 Å². The average Bonchev–Trinajstić information content (AvgIpc) is 2.74. The summed E-state index contributed by atoms with van der Waals surface area (Å²) in [6.45, 7) is 3.35. The summed E-state index contributed by atoms with van der Waals surface area (Å²) in [5, 5.41) is 1.10. The standard InChI is InChI=1S/C21H20ClNO6S/c1-14-9-21(24)29-19-12-20(18(22)11-17(14)19)28-13-15-3-2-4-16(10-15)30(25,26)23-5-7-27-8-6-23/h2-4,9-12H,5-8,13H2,1H3. The van der Waals surface area contributed by atoms with E-state index in [9.17, 15) is 13.2 Å². The predicted octanol–water partition coefficient (Wildman–Crippen LogP) is 3.35. The van der Waals surface area contributed by atoms with Crippen molar-refractivity contribution in [2.24, 2.45) is 0 Å². The van der Waals surface area contributed by atoms with Crippen molar-refractivity contribution >= 4 is 32.6 Å². The molecule has 7 nitrogen and oxygen atoms in total. The van der Waals surface area contributed by atoms with Gasteiger partial charge in [0.2, 0.25) is 10.0 Å². The molecule has 1 aromatic heterocycles. The molecule has 0 radical (unpaired) electrons. The molecule has 1 fully saturated rings. The van der Waals surface area contributed by atoms with Gasteiger partial charge in [-0.25, -0.2) is 13.2 Å². The van der Waals surface area contributed by atoms with E-state index in [0.29, 0.717) is 48.2 Å². The van der Waals surface area contributed by atoms with E-state index in [-0.39, 0.29) is 11.5 Å². The molecule has 0 bridgehead atoms. The second-order valence-corrected chi connectivity index (χ2v) is 9.32. The molecule has 158 valence electrons. The van der Waals surface area contributed by atoms with Gasteiger partial charge in [-0.15, -0.1) is 0 Å². The molecule has 30 heavy (non-hydrogen) atoms. The van der Waals surface area contributed by atoms with Crippen LogP contribution in [-0.2, 0) is 21.4 Å². The average molecular weight is 450 g/mol. The van der Waals surface area contributed by atoms with Crippen molar-refractivity contribution in [2.45, 2.75) is 18.4 Å². The van der Waals surface area contributed by atoms with Crippen LogP contribution < -0.4 is 10.4 Å². The molecule has 1 aliphatic heterocycles. The van der Waals surface area contributed by atoms with Gasteiger partial charge in [0.25, 0.3) is 0 Å². The number of hydrogen-bond acceptors (Lipinski definition) is 6. The number of ether oxygens (including phenoxy) is 2. The molecule has 2 aromatic carbocycles. The van der Waals surface area contributed by atoms with Crippen molar-refractivity contribution in [2.75, 3.05) is 26.3 Å². The van der Waals surface area contributed by atoms with Gasteiger partial charge in [0, 0.05) is 30.6 Å². The normalized spacial score (nSPS) is 15.4. The van der Waals surface area contributed by atoms with Crippen molar-refractivity contribution in [3.8, 4) is 5.75 Å². The van der Waals surface area contributed by atoms with Crippen LogP contribution in [0.2, 0.25) is 5.02 Å². The highest BCUT2D eigenvalue weighted by molar-refractivity contribution is 7.89. The molecule has 1 saturated heterocycles. The third-order valence-electron chi connectivity index (χ3n) is 4.90. The van der Waals surface area contributed by atoms with Crippen LogP contribution >= 0.6 is 11.6 Å². The summed E-state index contributed by atoms with van der Waals surface area (Å²) in [5.74, 6) is 0.347. The maximum atomic E-state index is 12.8. The first-order valence-electron chi connectivity index (χ1n) is 9.38. The molecule has 9 heteroatoms. The summed E-state index contributed by atoms with van der Waals surface area (Å²) >= 11 is 6.33. The molecule has 0 amide bonds. The van der Waals surface area contributed by atoms with E-state index in [4.69, 9.17) is 25.5 Å². The first-order valence-corrected chi connectivity index (χ1v) is 11.2. The second kappa shape index (κ2) is 8.39. The third kappa shape index (κ3) is 4.22. The Kier molecular flexibility index (Phi) is 5.84. The third-order valence-corrected chi connectivity index (χ3v) is 7.09. The summed E-state index contributed by atoms with van der Waals surface area (Å²) in [5.41, 5.74) is 1.36. The van der Waals surface area contributed by atoms with Crippen LogP contribution in [-0.4, -0.2) is 39.0 Å². The SMILES string of the molecule is Cc1cc(=O)oc2cc(OCc3cccc(S(=O)(=O)N4CCOCC4)c3)c(Cl)cc12. The molecule has 2 heterocycles. The lowest BCUT2D eigenvalue weighted by Gasteiger charge is -2.26. The van der Waals surface area contributed by atoms with Crippen LogP contribution in [0.3, 0.4) is 0 Å². The van der Waals surface area contributed by atoms with Gasteiger partial charge in [0.1, 0.15) is 17.9 Å². The molecule has 0 atom stereocenters. The maximum Gasteiger partial charge on any atom is 0.336 e. The van der Waals surface area contributed by atoms with E-state index >= 15 is 0 Å². The first-order chi connectivity index (χ1) is 14.3. The number of halogens is 1. The zero-order chi connectivity index (χ0) is 21.3. The Morgan fingerprint density at radius 2 is 1.90 bits per heavy atom. The zero-order valence-electron chi connectivity index (χ0n) is 16.3. The lowest BCUT2D eigenvalue weighted by Crippen LogP contribution is -2.40. The Bertz CT molecular complexity index is 1250. The Hall–Kier alpha value is -2.39. The van der Waals surface area contributed by atoms with Crippen LogP contribution in [0.5, 0.6) is 5.75 Å². The largest absolute Gasteiger partial charge is 0.487 e. The van der Waals surface area contributed by atoms with Crippen molar-refractivity contribution in [1.29, 1.82) is 0 Å². The fourth-order valence-corrected chi connectivity index (χ4v) is 5.02. The molecule has 0 spiro atoms. The van der Waals surface area contributed by atoms with E-state index in [0.717, 1.165) is 10.9 Å². The predicted molar refractivity (Wildman–Crippen MR) is 113 cm³/mol. The zero-order valence-corrected chi connectivity index (χ0v) is 17.8. The number of morpholine rings is 1. The molecule has 0 saturated carbocycles. The van der Waals surface area contributed by atoms with E-state index < -0.39 is 15.6 Å².